The molecule has 0 amide bonds. The number of nitrogen functional groups attached to an aromatic ring is 1. The molecule has 1 aromatic rings. The third-order valence-corrected chi connectivity index (χ3v) is 3.85. The second-order valence-corrected chi connectivity index (χ2v) is 5.67. The summed E-state index contributed by atoms with van der Waals surface area (Å²) in [5.74, 6) is 1.19. The number of hydrogen-bond acceptors (Lipinski definition) is 3. The summed E-state index contributed by atoms with van der Waals surface area (Å²) in [7, 11) is 0. The van der Waals surface area contributed by atoms with Crippen molar-refractivity contribution in [2.24, 2.45) is 11.8 Å². The molecule has 20 heavy (non-hydrogen) atoms. The maximum absolute atomic E-state index is 12.6. The fraction of sp³-hybridized carbons (Fsp3) is 0.643. The lowest BCUT2D eigenvalue weighted by atomic mass is 9.82. The first-order valence-electron chi connectivity index (χ1n) is 6.93. The van der Waals surface area contributed by atoms with E-state index in [1.54, 1.807) is 0 Å². The number of aromatic nitrogens is 1. The summed E-state index contributed by atoms with van der Waals surface area (Å²) in [6.45, 7) is 2.88. The predicted molar refractivity (Wildman–Crippen MR) is 73.3 cm³/mol. The van der Waals surface area contributed by atoms with Crippen LogP contribution in [0.15, 0.2) is 12.3 Å². The van der Waals surface area contributed by atoms with Crippen molar-refractivity contribution in [3.05, 3.63) is 18.0 Å². The first-order valence-corrected chi connectivity index (χ1v) is 6.93. The molecule has 1 saturated carbocycles. The summed E-state index contributed by atoms with van der Waals surface area (Å²) in [5.41, 5.74) is 5.35. The summed E-state index contributed by atoms with van der Waals surface area (Å²) < 4.78 is 37.8. The standard InChI is InChI=1S/C14H20F3N3/c1-9-3-2-4-10(5-9)7-19-12-6-13(14(15,16)17)20-8-11(12)18/h6,8-10H,2-5,7,18H2,1H3,(H,19,20). The molecule has 1 aliphatic carbocycles. The van der Waals surface area contributed by atoms with Crippen LogP contribution in [-0.2, 0) is 6.18 Å². The van der Waals surface area contributed by atoms with Crippen LogP contribution in [-0.4, -0.2) is 11.5 Å². The summed E-state index contributed by atoms with van der Waals surface area (Å²) in [6.07, 6.45) is 1.29. The number of pyridine rings is 1. The van der Waals surface area contributed by atoms with E-state index in [9.17, 15) is 13.2 Å². The molecule has 0 aliphatic heterocycles. The number of nitrogens with one attached hydrogen (secondary N) is 1. The monoisotopic (exact) mass is 287 g/mol. The topological polar surface area (TPSA) is 50.9 Å². The van der Waals surface area contributed by atoms with E-state index in [0.717, 1.165) is 25.1 Å². The zero-order valence-electron chi connectivity index (χ0n) is 11.5. The quantitative estimate of drug-likeness (QED) is 0.886. The van der Waals surface area contributed by atoms with Crippen LogP contribution in [0.4, 0.5) is 24.5 Å². The summed E-state index contributed by atoms with van der Waals surface area (Å²) in [6, 6.07) is 0.988. The second-order valence-electron chi connectivity index (χ2n) is 5.67. The maximum atomic E-state index is 12.6. The maximum Gasteiger partial charge on any atom is 0.433 e. The van der Waals surface area contributed by atoms with Crippen molar-refractivity contribution >= 4 is 11.4 Å². The highest BCUT2D eigenvalue weighted by Gasteiger charge is 2.33. The molecule has 2 rings (SSSR count). The Kier molecular flexibility index (Phi) is 4.40. The third kappa shape index (κ3) is 3.77. The summed E-state index contributed by atoms with van der Waals surface area (Å²) >= 11 is 0. The van der Waals surface area contributed by atoms with Crippen LogP contribution in [0.25, 0.3) is 0 Å². The minimum Gasteiger partial charge on any atom is -0.396 e. The molecule has 0 aromatic carbocycles. The highest BCUT2D eigenvalue weighted by molar-refractivity contribution is 5.65. The molecule has 1 heterocycles. The molecule has 6 heteroatoms. The normalized spacial score (nSPS) is 23.6. The van der Waals surface area contributed by atoms with E-state index < -0.39 is 11.9 Å². The highest BCUT2D eigenvalue weighted by Crippen LogP contribution is 2.32. The van der Waals surface area contributed by atoms with Gasteiger partial charge in [-0.1, -0.05) is 19.8 Å². The first-order chi connectivity index (χ1) is 9.36. The Hall–Kier alpha value is -1.46. The van der Waals surface area contributed by atoms with Gasteiger partial charge >= 0.3 is 6.18 Å². The minimum atomic E-state index is -4.44. The van der Waals surface area contributed by atoms with E-state index in [2.05, 4.69) is 17.2 Å². The van der Waals surface area contributed by atoms with Gasteiger partial charge in [-0.2, -0.15) is 13.2 Å². The van der Waals surface area contributed by atoms with Gasteiger partial charge in [-0.05, 0) is 30.7 Å². The van der Waals surface area contributed by atoms with E-state index in [1.165, 1.54) is 12.8 Å². The summed E-state index contributed by atoms with van der Waals surface area (Å²) in [5, 5.41) is 3.05. The van der Waals surface area contributed by atoms with Crippen molar-refractivity contribution in [2.75, 3.05) is 17.6 Å². The Labute approximate surface area is 116 Å². The van der Waals surface area contributed by atoms with Gasteiger partial charge in [0.25, 0.3) is 0 Å². The van der Waals surface area contributed by atoms with Gasteiger partial charge in [0, 0.05) is 6.54 Å². The Balaban J connectivity index is 2.01. The Morgan fingerprint density at radius 1 is 1.40 bits per heavy atom. The van der Waals surface area contributed by atoms with Crippen molar-refractivity contribution in [2.45, 2.75) is 38.8 Å². The van der Waals surface area contributed by atoms with E-state index in [1.807, 2.05) is 0 Å². The number of rotatable bonds is 3. The van der Waals surface area contributed by atoms with E-state index >= 15 is 0 Å². The van der Waals surface area contributed by atoms with Crippen LogP contribution >= 0.6 is 0 Å². The molecular formula is C14H20F3N3. The van der Waals surface area contributed by atoms with E-state index in [-0.39, 0.29) is 5.69 Å². The fourth-order valence-electron chi connectivity index (χ4n) is 2.77. The van der Waals surface area contributed by atoms with Gasteiger partial charge in [-0.15, -0.1) is 0 Å². The number of anilines is 2. The average Bonchev–Trinajstić information content (AvgIpc) is 2.36. The molecule has 1 aliphatic rings. The Morgan fingerprint density at radius 3 is 2.80 bits per heavy atom. The highest BCUT2D eigenvalue weighted by atomic mass is 19.4. The van der Waals surface area contributed by atoms with Crippen LogP contribution in [0.1, 0.15) is 38.3 Å². The number of alkyl halides is 3. The molecule has 0 bridgehead atoms. The van der Waals surface area contributed by atoms with Gasteiger partial charge in [0.05, 0.1) is 17.6 Å². The minimum absolute atomic E-state index is 0.252. The predicted octanol–water partition coefficient (Wildman–Crippen LogP) is 3.92. The number of hydrogen-bond donors (Lipinski definition) is 2. The van der Waals surface area contributed by atoms with Crippen molar-refractivity contribution in [1.82, 2.24) is 4.98 Å². The largest absolute Gasteiger partial charge is 0.433 e. The SMILES string of the molecule is CC1CCCC(CNc2cc(C(F)(F)F)ncc2N)C1. The molecule has 3 N–H and O–H groups in total. The number of nitrogens with two attached hydrogens (primary N) is 1. The lowest BCUT2D eigenvalue weighted by molar-refractivity contribution is -0.141. The molecule has 112 valence electrons. The first kappa shape index (κ1) is 14.9. The van der Waals surface area contributed by atoms with Gasteiger partial charge in [0.15, 0.2) is 0 Å². The second kappa shape index (κ2) is 5.89. The van der Waals surface area contributed by atoms with Gasteiger partial charge in [-0.3, -0.25) is 0 Å². The third-order valence-electron chi connectivity index (χ3n) is 3.85. The smallest absolute Gasteiger partial charge is 0.396 e. The molecule has 2 unspecified atom stereocenters. The summed E-state index contributed by atoms with van der Waals surface area (Å²) in [4.78, 5) is 3.33. The molecule has 0 saturated heterocycles. The van der Waals surface area contributed by atoms with Crippen LogP contribution in [0.2, 0.25) is 0 Å². The van der Waals surface area contributed by atoms with Crippen LogP contribution in [0.3, 0.4) is 0 Å². The number of halogens is 3. The van der Waals surface area contributed by atoms with Crippen LogP contribution < -0.4 is 11.1 Å². The average molecular weight is 287 g/mol. The lowest BCUT2D eigenvalue weighted by Gasteiger charge is -2.27. The van der Waals surface area contributed by atoms with E-state index in [0.29, 0.717) is 24.1 Å². The molecule has 2 atom stereocenters. The molecule has 0 radical (unpaired) electrons. The van der Waals surface area contributed by atoms with Crippen molar-refractivity contribution < 1.29 is 13.2 Å². The zero-order chi connectivity index (χ0) is 14.8. The van der Waals surface area contributed by atoms with Crippen molar-refractivity contribution in [3.63, 3.8) is 0 Å². The van der Waals surface area contributed by atoms with Gasteiger partial charge in [-0.25, -0.2) is 4.98 Å². The van der Waals surface area contributed by atoms with Crippen LogP contribution in [0.5, 0.6) is 0 Å². The van der Waals surface area contributed by atoms with Gasteiger partial charge < -0.3 is 11.1 Å². The van der Waals surface area contributed by atoms with Gasteiger partial charge in [0.2, 0.25) is 0 Å². The molecule has 1 aromatic heterocycles. The molecular weight excluding hydrogens is 267 g/mol. The van der Waals surface area contributed by atoms with E-state index in [4.69, 9.17) is 5.73 Å². The van der Waals surface area contributed by atoms with Crippen molar-refractivity contribution in [3.8, 4) is 0 Å². The molecule has 0 spiro atoms. The Morgan fingerprint density at radius 2 is 2.15 bits per heavy atom. The Bertz CT molecular complexity index is 459. The lowest BCUT2D eigenvalue weighted by Crippen LogP contribution is -2.21. The number of nitrogens with zero attached hydrogens (tertiary/aromatic N) is 1. The van der Waals surface area contributed by atoms with Crippen LogP contribution in [0, 0.1) is 11.8 Å². The molecule has 1 fully saturated rings. The van der Waals surface area contributed by atoms with Crippen molar-refractivity contribution in [1.29, 1.82) is 0 Å². The fourth-order valence-corrected chi connectivity index (χ4v) is 2.77. The zero-order valence-corrected chi connectivity index (χ0v) is 11.5. The molecule has 3 nitrogen and oxygen atoms in total. The van der Waals surface area contributed by atoms with Gasteiger partial charge in [0.1, 0.15) is 5.69 Å².